The van der Waals surface area contributed by atoms with Crippen molar-refractivity contribution in [3.8, 4) is 0 Å². The molecule has 0 heterocycles. The van der Waals surface area contributed by atoms with Crippen LogP contribution in [0.3, 0.4) is 0 Å². The average molecular weight is 295 g/mol. The van der Waals surface area contributed by atoms with Gasteiger partial charge in [-0.05, 0) is 0 Å². The summed E-state index contributed by atoms with van der Waals surface area (Å²) in [5.74, 6) is -2.50. The van der Waals surface area contributed by atoms with E-state index in [4.69, 9.17) is 33.5 Å². The third-order valence-electron chi connectivity index (χ3n) is 0.712. The summed E-state index contributed by atoms with van der Waals surface area (Å²) in [5, 5.41) is 16.0. The van der Waals surface area contributed by atoms with Crippen LogP contribution in [0.5, 0.6) is 0 Å². The summed E-state index contributed by atoms with van der Waals surface area (Å²) in [4.78, 5) is 19.6. The molecule has 1 atom stereocenters. The van der Waals surface area contributed by atoms with Crippen molar-refractivity contribution in [2.24, 2.45) is 5.73 Å². The van der Waals surface area contributed by atoms with E-state index >= 15 is 0 Å². The van der Waals surface area contributed by atoms with Crippen molar-refractivity contribution in [2.45, 2.75) is 12.5 Å². The predicted octanol–water partition coefficient (Wildman–Crippen LogP) is -2.47. The second-order valence-electron chi connectivity index (χ2n) is 1.95. The Morgan fingerprint density at radius 1 is 1.27 bits per heavy atom. The molecule has 0 aliphatic rings. The maximum Gasteiger partial charge on any atom is 2.00 e. The summed E-state index contributed by atoms with van der Waals surface area (Å²) in [7, 11) is -5.17. The van der Waals surface area contributed by atoms with Gasteiger partial charge in [0.05, 0.1) is 6.42 Å². The minimum absolute atomic E-state index is 0. The minimum atomic E-state index is -5.17. The summed E-state index contributed by atoms with van der Waals surface area (Å²) in [6.45, 7) is 0. The van der Waals surface area contributed by atoms with E-state index < -0.39 is 34.8 Å². The monoisotopic (exact) mass is 293 g/mol. The average Bonchev–Trinajstić information content (AvgIpc) is 1.80. The molecular weight excluding hydrogens is 287 g/mol. The number of rotatable bonds is 3. The molecule has 0 unspecified atom stereocenters. The molecule has 0 saturated heterocycles. The first kappa shape index (κ1) is 19.9. The number of carbonyl (C=O) groups is 2. The third kappa shape index (κ3) is 31.8. The van der Waals surface area contributed by atoms with Crippen molar-refractivity contribution in [3.63, 3.8) is 0 Å². The molecule has 0 radical (unpaired) electrons. The Labute approximate surface area is 97.6 Å². The van der Waals surface area contributed by atoms with E-state index in [1.165, 1.54) is 0 Å². The molecule has 9 nitrogen and oxygen atoms in total. The van der Waals surface area contributed by atoms with Gasteiger partial charge in [0.25, 0.3) is 0 Å². The van der Waals surface area contributed by atoms with Gasteiger partial charge in [-0.25, -0.2) is 0 Å². The maximum atomic E-state index is 9.85. The summed E-state index contributed by atoms with van der Waals surface area (Å²) in [5.41, 5.74) is 4.84. The molecule has 0 aromatic carbocycles. The zero-order valence-corrected chi connectivity index (χ0v) is 11.1. The number of aliphatic carboxylic acids is 2. The molecule has 0 spiro atoms. The van der Waals surface area contributed by atoms with Gasteiger partial charge >= 0.3 is 31.4 Å². The van der Waals surface area contributed by atoms with Gasteiger partial charge in [0, 0.05) is 10.4 Å². The van der Waals surface area contributed by atoms with E-state index in [1.54, 1.807) is 0 Å². The molecule has 15 heavy (non-hydrogen) atoms. The van der Waals surface area contributed by atoms with Gasteiger partial charge in [-0.2, -0.15) is 0 Å². The summed E-state index contributed by atoms with van der Waals surface area (Å²) in [6, 6.07) is -1.29. The van der Waals surface area contributed by atoms with Crippen LogP contribution in [-0.4, -0.2) is 45.7 Å². The fraction of sp³-hybridized carbons (Fsp3) is 0.500. The summed E-state index contributed by atoms with van der Waals surface area (Å²) < 4.78 is 34.1. The Bertz CT molecular complexity index is 292. The van der Waals surface area contributed by atoms with Gasteiger partial charge in [0.1, 0.15) is 6.04 Å². The minimum Gasteiger partial charge on any atom is -0.759 e. The van der Waals surface area contributed by atoms with E-state index in [-0.39, 0.29) is 19.5 Å². The van der Waals surface area contributed by atoms with Crippen LogP contribution in [0.25, 0.3) is 0 Å². The summed E-state index contributed by atoms with van der Waals surface area (Å²) in [6.07, 6.45) is -0.532. The zero-order valence-electron chi connectivity index (χ0n) is 7.32. The zero-order chi connectivity index (χ0) is 11.9. The van der Waals surface area contributed by atoms with Crippen molar-refractivity contribution in [1.29, 1.82) is 0 Å². The van der Waals surface area contributed by atoms with Crippen LogP contribution in [0.1, 0.15) is 6.42 Å². The Hall–Kier alpha value is -0.607. The molecule has 0 aromatic heterocycles. The molecule has 0 aliphatic heterocycles. The number of hydrogen-bond donors (Lipinski definition) is 3. The third-order valence-corrected chi connectivity index (χ3v) is 0.712. The van der Waals surface area contributed by atoms with E-state index in [2.05, 4.69) is 0 Å². The van der Waals surface area contributed by atoms with Crippen LogP contribution >= 0.6 is 0 Å². The van der Waals surface area contributed by atoms with Crippen LogP contribution in [0.15, 0.2) is 0 Å². The first-order valence-corrected chi connectivity index (χ1v) is 4.24. The van der Waals surface area contributed by atoms with Crippen molar-refractivity contribution in [3.05, 3.63) is 0 Å². The Morgan fingerprint density at radius 3 is 1.60 bits per heavy atom. The first-order chi connectivity index (χ1) is 6.04. The van der Waals surface area contributed by atoms with Gasteiger partial charge in [0.2, 0.25) is 0 Å². The molecule has 11 heteroatoms. The van der Waals surface area contributed by atoms with E-state index in [9.17, 15) is 9.59 Å². The number of carboxylic acids is 2. The first-order valence-electron chi connectivity index (χ1n) is 2.91. The Balaban J connectivity index is -0.000000208. The van der Waals surface area contributed by atoms with Gasteiger partial charge in [-0.3, -0.25) is 18.0 Å². The van der Waals surface area contributed by atoms with Gasteiger partial charge in [-0.15, -0.1) is 0 Å². The van der Waals surface area contributed by atoms with Crippen LogP contribution in [-0.2, 0) is 39.5 Å². The molecule has 0 amide bonds. The SMILES string of the molecule is N[C@@H](CC(=O)O)C(=O)O.O=S(=O)([O-])[O-].[Zn+2]. The molecule has 0 saturated carbocycles. The second-order valence-corrected chi connectivity index (χ2v) is 2.77. The van der Waals surface area contributed by atoms with E-state index in [1.807, 2.05) is 0 Å². The standard InChI is InChI=1S/C4H7NO4.H2O4S.Zn/c5-2(4(8)9)1-3(6)7;1-5(2,3)4;/h2H,1,5H2,(H,6,7)(H,8,9);(H2,1,2,3,4);/q;;+2/p-2/t2-;;/m0../s1. The Morgan fingerprint density at radius 2 is 1.53 bits per heavy atom. The maximum absolute atomic E-state index is 9.85. The Kier molecular flexibility index (Phi) is 11.5. The fourth-order valence-corrected chi connectivity index (χ4v) is 0.275. The number of nitrogens with two attached hydrogens (primary N) is 1. The predicted molar refractivity (Wildman–Crippen MR) is 38.3 cm³/mol. The molecule has 4 N–H and O–H groups in total. The van der Waals surface area contributed by atoms with Gasteiger partial charge in [0.15, 0.2) is 0 Å². The molecule has 0 fully saturated rings. The molecule has 0 aromatic rings. The van der Waals surface area contributed by atoms with Crippen molar-refractivity contribution >= 4 is 22.3 Å². The smallest absolute Gasteiger partial charge is 0.759 e. The van der Waals surface area contributed by atoms with Crippen LogP contribution in [0.4, 0.5) is 0 Å². The van der Waals surface area contributed by atoms with Crippen molar-refractivity contribution in [2.75, 3.05) is 0 Å². The normalized spacial score (nSPS) is 11.4. The van der Waals surface area contributed by atoms with Crippen molar-refractivity contribution < 1.29 is 56.8 Å². The second kappa shape index (κ2) is 8.68. The van der Waals surface area contributed by atoms with Crippen LogP contribution in [0.2, 0.25) is 0 Å². The van der Waals surface area contributed by atoms with Crippen LogP contribution in [0, 0.1) is 0 Å². The molecule has 84 valence electrons. The number of hydrogen-bond acceptors (Lipinski definition) is 7. The van der Waals surface area contributed by atoms with Gasteiger partial charge in [-0.1, -0.05) is 0 Å². The summed E-state index contributed by atoms with van der Waals surface area (Å²) >= 11 is 0. The van der Waals surface area contributed by atoms with E-state index in [0.717, 1.165) is 0 Å². The quantitative estimate of drug-likeness (QED) is 0.288. The molecule has 0 rings (SSSR count). The topological polar surface area (TPSA) is 181 Å². The fourth-order valence-electron chi connectivity index (χ4n) is 0.275. The molecule has 0 aliphatic carbocycles. The molecular formula is C4H7NO8SZn. The number of carboxylic acid groups (broad SMARTS) is 2. The van der Waals surface area contributed by atoms with E-state index in [0.29, 0.717) is 0 Å². The van der Waals surface area contributed by atoms with Crippen molar-refractivity contribution in [1.82, 2.24) is 0 Å². The molecule has 0 bridgehead atoms. The van der Waals surface area contributed by atoms with Gasteiger partial charge < -0.3 is 25.1 Å². The largest absolute Gasteiger partial charge is 2.00 e. The van der Waals surface area contributed by atoms with Crippen LogP contribution < -0.4 is 5.73 Å².